The molecule has 0 spiro atoms. The minimum Gasteiger partial charge on any atom is -0.382 e. The van der Waals surface area contributed by atoms with Gasteiger partial charge in [-0.15, -0.1) is 0 Å². The lowest BCUT2D eigenvalue weighted by molar-refractivity contribution is 0.157. The summed E-state index contributed by atoms with van der Waals surface area (Å²) in [6, 6.07) is 0. The zero-order valence-electron chi connectivity index (χ0n) is 9.57. The maximum atomic E-state index is 13.3. The quantitative estimate of drug-likeness (QED) is 0.660. The van der Waals surface area contributed by atoms with Crippen molar-refractivity contribution in [2.45, 2.75) is 19.4 Å². The molecule has 1 heterocycles. The molecule has 1 N–H and O–H groups in total. The number of ether oxygens (including phenoxy) is 1. The second-order valence-corrected chi connectivity index (χ2v) is 4.14. The second-order valence-electron chi connectivity index (χ2n) is 4.14. The Morgan fingerprint density at radius 2 is 1.59 bits per heavy atom. The molecule has 7 heteroatoms. The highest BCUT2D eigenvalue weighted by atomic mass is 19.2. The highest BCUT2D eigenvalue weighted by Crippen LogP contribution is 2.25. The highest BCUT2D eigenvalue weighted by molar-refractivity contribution is 5.47. The van der Waals surface area contributed by atoms with Gasteiger partial charge in [-0.25, -0.2) is 0 Å². The largest absolute Gasteiger partial charge is 0.382 e. The Bertz CT molecular complexity index is 397. The fourth-order valence-electron chi connectivity index (χ4n) is 1.33. The van der Waals surface area contributed by atoms with Crippen LogP contribution < -0.4 is 5.32 Å². The summed E-state index contributed by atoms with van der Waals surface area (Å²) in [5.74, 6) is -6.51. The highest BCUT2D eigenvalue weighted by Gasteiger charge is 2.26. The molecule has 0 radical (unpaired) electrons. The van der Waals surface area contributed by atoms with Gasteiger partial charge in [0.2, 0.25) is 11.6 Å². The molecule has 1 aromatic rings. The van der Waals surface area contributed by atoms with Crippen LogP contribution in [0.15, 0.2) is 0 Å². The van der Waals surface area contributed by atoms with Gasteiger partial charge in [0, 0.05) is 7.11 Å². The fraction of sp³-hybridized carbons (Fsp3) is 0.500. The molecule has 0 aromatic carbocycles. The average molecular weight is 252 g/mol. The summed E-state index contributed by atoms with van der Waals surface area (Å²) in [5, 5.41) is 2.34. The summed E-state index contributed by atoms with van der Waals surface area (Å²) in [6.07, 6.45) is 0. The molecule has 0 aliphatic heterocycles. The van der Waals surface area contributed by atoms with Gasteiger partial charge in [-0.1, -0.05) is 0 Å². The van der Waals surface area contributed by atoms with Crippen molar-refractivity contribution in [3.8, 4) is 0 Å². The van der Waals surface area contributed by atoms with Crippen LogP contribution in [0.3, 0.4) is 0 Å². The number of nitrogens with one attached hydrogen (secondary N) is 1. The smallest absolute Gasteiger partial charge is 0.253 e. The third-order valence-corrected chi connectivity index (χ3v) is 1.97. The van der Waals surface area contributed by atoms with E-state index in [9.17, 15) is 17.6 Å². The van der Waals surface area contributed by atoms with E-state index in [1.54, 1.807) is 13.8 Å². The van der Waals surface area contributed by atoms with Gasteiger partial charge in [-0.2, -0.15) is 22.5 Å². The fourth-order valence-corrected chi connectivity index (χ4v) is 1.33. The number of nitrogens with zero attached hydrogens (tertiary/aromatic N) is 1. The van der Waals surface area contributed by atoms with Gasteiger partial charge in [0.15, 0.2) is 0 Å². The molecule has 0 saturated carbocycles. The van der Waals surface area contributed by atoms with Gasteiger partial charge in [0.25, 0.3) is 11.9 Å². The molecule has 17 heavy (non-hydrogen) atoms. The van der Waals surface area contributed by atoms with Crippen molar-refractivity contribution < 1.29 is 22.3 Å². The Hall–Kier alpha value is -1.37. The molecular formula is C10H12F4N2O. The minimum absolute atomic E-state index is 0.0947. The molecule has 96 valence electrons. The first-order chi connectivity index (χ1) is 7.78. The minimum atomic E-state index is -1.69. The molecule has 0 bridgehead atoms. The summed E-state index contributed by atoms with van der Waals surface area (Å²) < 4.78 is 57.0. The lowest BCUT2D eigenvalue weighted by Gasteiger charge is -2.26. The van der Waals surface area contributed by atoms with Crippen LogP contribution in [0.5, 0.6) is 0 Å². The van der Waals surface area contributed by atoms with Crippen molar-refractivity contribution in [3.05, 3.63) is 23.5 Å². The Labute approximate surface area is 95.8 Å². The van der Waals surface area contributed by atoms with Crippen molar-refractivity contribution in [1.29, 1.82) is 0 Å². The zero-order chi connectivity index (χ0) is 13.2. The van der Waals surface area contributed by atoms with Crippen LogP contribution in [0, 0.1) is 23.5 Å². The first kappa shape index (κ1) is 13.7. The SMILES string of the molecule is COCC(C)(C)Nc1c(F)c(F)nc(F)c1F. The number of anilines is 1. The molecule has 0 aliphatic rings. The van der Waals surface area contributed by atoms with E-state index in [0.717, 1.165) is 0 Å². The molecule has 1 aromatic heterocycles. The van der Waals surface area contributed by atoms with E-state index >= 15 is 0 Å². The first-order valence-electron chi connectivity index (χ1n) is 4.75. The maximum Gasteiger partial charge on any atom is 0.253 e. The number of pyridine rings is 1. The standard InChI is InChI=1S/C10H12F4N2O/c1-10(2,4-17-3)16-7-5(11)8(13)15-9(14)6(7)12/h4H2,1-3H3,(H,15,16). The van der Waals surface area contributed by atoms with Crippen LogP contribution in [0.2, 0.25) is 0 Å². The van der Waals surface area contributed by atoms with Crippen LogP contribution in [-0.4, -0.2) is 24.2 Å². The van der Waals surface area contributed by atoms with Crippen LogP contribution in [-0.2, 0) is 4.74 Å². The van der Waals surface area contributed by atoms with E-state index in [1.807, 2.05) is 0 Å². The summed E-state index contributed by atoms with van der Waals surface area (Å²) in [4.78, 5) is 2.45. The summed E-state index contributed by atoms with van der Waals surface area (Å²) in [7, 11) is 1.39. The zero-order valence-corrected chi connectivity index (χ0v) is 9.57. The molecule has 3 nitrogen and oxygen atoms in total. The third-order valence-electron chi connectivity index (χ3n) is 1.97. The molecular weight excluding hydrogens is 240 g/mol. The number of methoxy groups -OCH3 is 1. The van der Waals surface area contributed by atoms with Crippen LogP contribution in [0.4, 0.5) is 23.2 Å². The van der Waals surface area contributed by atoms with E-state index < -0.39 is 34.8 Å². The Morgan fingerprint density at radius 1 is 1.12 bits per heavy atom. The van der Waals surface area contributed by atoms with E-state index in [-0.39, 0.29) is 6.61 Å². The third kappa shape index (κ3) is 3.06. The van der Waals surface area contributed by atoms with Gasteiger partial charge < -0.3 is 10.1 Å². The van der Waals surface area contributed by atoms with Gasteiger partial charge in [0.1, 0.15) is 5.69 Å². The van der Waals surface area contributed by atoms with Gasteiger partial charge in [0.05, 0.1) is 12.1 Å². The molecule has 0 atom stereocenters. The van der Waals surface area contributed by atoms with E-state index in [4.69, 9.17) is 4.74 Å². The van der Waals surface area contributed by atoms with E-state index in [0.29, 0.717) is 0 Å². The second kappa shape index (κ2) is 4.87. The van der Waals surface area contributed by atoms with Crippen LogP contribution in [0.25, 0.3) is 0 Å². The number of hydrogen-bond donors (Lipinski definition) is 1. The monoisotopic (exact) mass is 252 g/mol. The Kier molecular flexibility index (Phi) is 3.92. The summed E-state index contributed by atoms with van der Waals surface area (Å²) in [6.45, 7) is 3.22. The molecule has 0 aliphatic carbocycles. The Morgan fingerprint density at radius 3 is 2.00 bits per heavy atom. The summed E-state index contributed by atoms with van der Waals surface area (Å²) >= 11 is 0. The van der Waals surface area contributed by atoms with Crippen molar-refractivity contribution >= 4 is 5.69 Å². The van der Waals surface area contributed by atoms with Crippen molar-refractivity contribution in [3.63, 3.8) is 0 Å². The molecule has 1 rings (SSSR count). The number of halogens is 4. The molecule has 0 fully saturated rings. The number of hydrogen-bond acceptors (Lipinski definition) is 3. The first-order valence-corrected chi connectivity index (χ1v) is 4.75. The molecule has 0 amide bonds. The Balaban J connectivity index is 3.14. The van der Waals surface area contributed by atoms with Crippen molar-refractivity contribution in [2.24, 2.45) is 0 Å². The van der Waals surface area contributed by atoms with Gasteiger partial charge in [-0.05, 0) is 13.8 Å². The maximum absolute atomic E-state index is 13.3. The topological polar surface area (TPSA) is 34.1 Å². The van der Waals surface area contributed by atoms with Crippen molar-refractivity contribution in [2.75, 3.05) is 19.0 Å². The van der Waals surface area contributed by atoms with Gasteiger partial charge >= 0.3 is 0 Å². The predicted octanol–water partition coefficient (Wildman–Crippen LogP) is 2.47. The number of aromatic nitrogens is 1. The van der Waals surface area contributed by atoms with E-state index in [1.165, 1.54) is 7.11 Å². The number of rotatable bonds is 4. The average Bonchev–Trinajstić information content (AvgIpc) is 2.21. The lowest BCUT2D eigenvalue weighted by atomic mass is 10.1. The lowest BCUT2D eigenvalue weighted by Crippen LogP contribution is -2.37. The van der Waals surface area contributed by atoms with Crippen LogP contribution in [0.1, 0.15) is 13.8 Å². The van der Waals surface area contributed by atoms with E-state index in [2.05, 4.69) is 10.3 Å². The summed E-state index contributed by atoms with van der Waals surface area (Å²) in [5.41, 5.74) is -1.78. The normalized spacial score (nSPS) is 11.7. The van der Waals surface area contributed by atoms with Gasteiger partial charge in [-0.3, -0.25) is 0 Å². The van der Waals surface area contributed by atoms with Crippen LogP contribution >= 0.6 is 0 Å². The molecule has 0 saturated heterocycles. The van der Waals surface area contributed by atoms with Crippen molar-refractivity contribution in [1.82, 2.24) is 4.98 Å². The predicted molar refractivity (Wildman–Crippen MR) is 53.6 cm³/mol. The molecule has 0 unspecified atom stereocenters.